The van der Waals surface area contributed by atoms with Crippen LogP contribution in [0.5, 0.6) is 0 Å². The zero-order valence-electron chi connectivity index (χ0n) is 13.2. The third kappa shape index (κ3) is 3.73. The lowest BCUT2D eigenvalue weighted by molar-refractivity contribution is -0.115. The monoisotopic (exact) mass is 362 g/mol. The molecule has 0 unspecified atom stereocenters. The second-order valence-electron chi connectivity index (χ2n) is 5.46. The first kappa shape index (κ1) is 16.9. The number of aryl methyl sites for hydroxylation is 1. The second kappa shape index (κ2) is 6.86. The van der Waals surface area contributed by atoms with Crippen LogP contribution in [0.2, 0.25) is 0 Å². The number of amides is 1. The molecule has 1 aliphatic rings. The number of nitrogens with one attached hydrogen (secondary N) is 2. The standard InChI is InChI=1S/C17H18N2O3S2/c1-2-12-3-5-13(6-4-12)19-24(21,22)14-7-8-16-15(11-14)18-17(20)9-10-23-16/h3-8,11,19H,2,9-10H2,1H3,(H,18,20). The first-order valence-electron chi connectivity index (χ1n) is 7.66. The van der Waals surface area contributed by atoms with Gasteiger partial charge in [-0.1, -0.05) is 19.1 Å². The van der Waals surface area contributed by atoms with Crippen molar-refractivity contribution in [1.82, 2.24) is 0 Å². The fraction of sp³-hybridized carbons (Fsp3) is 0.235. The molecule has 1 aliphatic heterocycles. The largest absolute Gasteiger partial charge is 0.325 e. The lowest BCUT2D eigenvalue weighted by Crippen LogP contribution is -2.14. The van der Waals surface area contributed by atoms with E-state index in [0.29, 0.717) is 23.5 Å². The molecule has 24 heavy (non-hydrogen) atoms. The van der Waals surface area contributed by atoms with E-state index in [-0.39, 0.29) is 10.8 Å². The predicted molar refractivity (Wildman–Crippen MR) is 97.0 cm³/mol. The summed E-state index contributed by atoms with van der Waals surface area (Å²) in [5.74, 6) is 0.589. The fourth-order valence-corrected chi connectivity index (χ4v) is 4.41. The molecular formula is C17H18N2O3S2. The van der Waals surface area contributed by atoms with Crippen LogP contribution in [0.15, 0.2) is 52.3 Å². The molecular weight excluding hydrogens is 344 g/mol. The van der Waals surface area contributed by atoms with Gasteiger partial charge in [0.25, 0.3) is 10.0 Å². The van der Waals surface area contributed by atoms with Gasteiger partial charge in [0.2, 0.25) is 5.91 Å². The molecule has 3 rings (SSSR count). The Kier molecular flexibility index (Phi) is 4.82. The number of thioether (sulfide) groups is 1. The zero-order valence-corrected chi connectivity index (χ0v) is 14.8. The van der Waals surface area contributed by atoms with Gasteiger partial charge in [-0.25, -0.2) is 8.42 Å². The smallest absolute Gasteiger partial charge is 0.261 e. The molecule has 0 aromatic heterocycles. The number of fused-ring (bicyclic) bond motifs is 1. The molecule has 2 aromatic rings. The van der Waals surface area contributed by atoms with Crippen molar-refractivity contribution in [3.05, 3.63) is 48.0 Å². The Hall–Kier alpha value is -1.99. The Bertz CT molecular complexity index is 862. The van der Waals surface area contributed by atoms with Gasteiger partial charge in [0.05, 0.1) is 10.6 Å². The summed E-state index contributed by atoms with van der Waals surface area (Å²) in [6.45, 7) is 2.04. The van der Waals surface area contributed by atoms with E-state index in [1.165, 1.54) is 6.07 Å². The first-order valence-corrected chi connectivity index (χ1v) is 10.1. The highest BCUT2D eigenvalue weighted by atomic mass is 32.2. The molecule has 0 fully saturated rings. The number of hydrogen-bond donors (Lipinski definition) is 2. The Morgan fingerprint density at radius 2 is 1.92 bits per heavy atom. The van der Waals surface area contributed by atoms with Crippen LogP contribution in [0.3, 0.4) is 0 Å². The molecule has 5 nitrogen and oxygen atoms in total. The van der Waals surface area contributed by atoms with Gasteiger partial charge in [0.1, 0.15) is 0 Å². The summed E-state index contributed by atoms with van der Waals surface area (Å²) in [5, 5.41) is 2.76. The van der Waals surface area contributed by atoms with Gasteiger partial charge in [-0.3, -0.25) is 9.52 Å². The van der Waals surface area contributed by atoms with E-state index in [1.54, 1.807) is 36.0 Å². The summed E-state index contributed by atoms with van der Waals surface area (Å²) in [6, 6.07) is 12.1. The summed E-state index contributed by atoms with van der Waals surface area (Å²) >= 11 is 1.54. The molecule has 2 aromatic carbocycles. The summed E-state index contributed by atoms with van der Waals surface area (Å²) in [6.07, 6.45) is 1.32. The van der Waals surface area contributed by atoms with Crippen LogP contribution >= 0.6 is 11.8 Å². The molecule has 1 amide bonds. The van der Waals surface area contributed by atoms with E-state index in [4.69, 9.17) is 0 Å². The number of rotatable bonds is 4. The van der Waals surface area contributed by atoms with Crippen LogP contribution in [0.1, 0.15) is 18.9 Å². The molecule has 126 valence electrons. The molecule has 0 bridgehead atoms. The van der Waals surface area contributed by atoms with Crippen LogP contribution in [-0.4, -0.2) is 20.1 Å². The second-order valence-corrected chi connectivity index (χ2v) is 8.28. The van der Waals surface area contributed by atoms with E-state index in [1.807, 2.05) is 19.1 Å². The third-order valence-corrected chi connectivity index (χ3v) is 6.19. The summed E-state index contributed by atoms with van der Waals surface area (Å²) in [4.78, 5) is 12.7. The van der Waals surface area contributed by atoms with E-state index in [0.717, 1.165) is 16.9 Å². The van der Waals surface area contributed by atoms with E-state index in [9.17, 15) is 13.2 Å². The highest BCUT2D eigenvalue weighted by molar-refractivity contribution is 7.99. The van der Waals surface area contributed by atoms with E-state index < -0.39 is 10.0 Å². The molecule has 1 heterocycles. The van der Waals surface area contributed by atoms with Crippen molar-refractivity contribution in [2.24, 2.45) is 0 Å². The number of anilines is 2. The lowest BCUT2D eigenvalue weighted by Gasteiger charge is -2.12. The van der Waals surface area contributed by atoms with Crippen LogP contribution in [0, 0.1) is 0 Å². The maximum atomic E-state index is 12.6. The van der Waals surface area contributed by atoms with Gasteiger partial charge in [-0.2, -0.15) is 0 Å². The highest BCUT2D eigenvalue weighted by Crippen LogP contribution is 2.33. The summed E-state index contributed by atoms with van der Waals surface area (Å²) in [5.41, 5.74) is 2.20. The van der Waals surface area contributed by atoms with Crippen LogP contribution in [0.4, 0.5) is 11.4 Å². The summed E-state index contributed by atoms with van der Waals surface area (Å²) in [7, 11) is -3.71. The van der Waals surface area contributed by atoms with Crippen molar-refractivity contribution in [2.45, 2.75) is 29.6 Å². The van der Waals surface area contributed by atoms with Crippen molar-refractivity contribution in [3.63, 3.8) is 0 Å². The van der Waals surface area contributed by atoms with Gasteiger partial charge < -0.3 is 5.32 Å². The number of sulfonamides is 1. The average Bonchev–Trinajstić information content (AvgIpc) is 2.75. The highest BCUT2D eigenvalue weighted by Gasteiger charge is 2.19. The number of benzene rings is 2. The maximum absolute atomic E-state index is 12.6. The normalized spacial score (nSPS) is 14.5. The molecule has 0 radical (unpaired) electrons. The molecule has 0 atom stereocenters. The zero-order chi connectivity index (χ0) is 17.2. The van der Waals surface area contributed by atoms with Crippen molar-refractivity contribution < 1.29 is 13.2 Å². The van der Waals surface area contributed by atoms with E-state index >= 15 is 0 Å². The average molecular weight is 362 g/mol. The van der Waals surface area contributed by atoms with Crippen LogP contribution < -0.4 is 10.0 Å². The minimum Gasteiger partial charge on any atom is -0.325 e. The van der Waals surface area contributed by atoms with Crippen molar-refractivity contribution >= 4 is 39.1 Å². The molecule has 0 saturated carbocycles. The Balaban J connectivity index is 1.87. The Labute approximate surface area is 145 Å². The molecule has 2 N–H and O–H groups in total. The first-order chi connectivity index (χ1) is 11.5. The quantitative estimate of drug-likeness (QED) is 0.873. The SMILES string of the molecule is CCc1ccc(NS(=O)(=O)c2ccc3c(c2)NC(=O)CCS3)cc1. The van der Waals surface area contributed by atoms with Crippen molar-refractivity contribution in [1.29, 1.82) is 0 Å². The maximum Gasteiger partial charge on any atom is 0.261 e. The lowest BCUT2D eigenvalue weighted by atomic mass is 10.2. The Morgan fingerprint density at radius 3 is 2.62 bits per heavy atom. The Morgan fingerprint density at radius 1 is 1.17 bits per heavy atom. The minimum atomic E-state index is -3.71. The minimum absolute atomic E-state index is 0.0982. The van der Waals surface area contributed by atoms with Crippen LogP contribution in [0.25, 0.3) is 0 Å². The molecule has 0 aliphatic carbocycles. The molecule has 7 heteroatoms. The number of hydrogen-bond acceptors (Lipinski definition) is 4. The third-order valence-electron chi connectivity index (χ3n) is 3.74. The summed E-state index contributed by atoms with van der Waals surface area (Å²) < 4.78 is 27.7. The number of carbonyl (C=O) groups is 1. The van der Waals surface area contributed by atoms with E-state index in [2.05, 4.69) is 10.0 Å². The van der Waals surface area contributed by atoms with Gasteiger partial charge in [-0.15, -0.1) is 11.8 Å². The number of carbonyl (C=O) groups excluding carboxylic acids is 1. The predicted octanol–water partition coefficient (Wildman–Crippen LogP) is 3.48. The van der Waals surface area contributed by atoms with Gasteiger partial charge >= 0.3 is 0 Å². The molecule has 0 saturated heterocycles. The van der Waals surface area contributed by atoms with Gasteiger partial charge in [0, 0.05) is 22.8 Å². The van der Waals surface area contributed by atoms with Gasteiger partial charge in [0.15, 0.2) is 0 Å². The topological polar surface area (TPSA) is 75.3 Å². The van der Waals surface area contributed by atoms with Gasteiger partial charge in [-0.05, 0) is 42.3 Å². The van der Waals surface area contributed by atoms with Crippen molar-refractivity contribution in [2.75, 3.05) is 15.8 Å². The fourth-order valence-electron chi connectivity index (χ4n) is 2.39. The van der Waals surface area contributed by atoms with Crippen molar-refractivity contribution in [3.8, 4) is 0 Å². The molecule has 0 spiro atoms. The van der Waals surface area contributed by atoms with Crippen LogP contribution in [-0.2, 0) is 21.2 Å².